The highest BCUT2D eigenvalue weighted by atomic mass is 16.3. The van der Waals surface area contributed by atoms with Crippen molar-refractivity contribution in [1.29, 1.82) is 0 Å². The van der Waals surface area contributed by atoms with E-state index >= 15 is 0 Å². The number of aromatic nitrogens is 1. The Morgan fingerprint density at radius 2 is 2.22 bits per heavy atom. The van der Waals surface area contributed by atoms with Gasteiger partial charge in [-0.15, -0.1) is 0 Å². The van der Waals surface area contributed by atoms with Crippen LogP contribution in [-0.2, 0) is 6.42 Å². The molecular formula is C15H20N2O. The number of aryl methyl sites for hydroxylation is 2. The summed E-state index contributed by atoms with van der Waals surface area (Å²) >= 11 is 0. The molecule has 18 heavy (non-hydrogen) atoms. The van der Waals surface area contributed by atoms with Gasteiger partial charge in [-0.1, -0.05) is 6.07 Å². The molecule has 0 atom stereocenters. The molecule has 2 aromatic rings. The molecule has 0 amide bonds. The molecule has 1 saturated carbocycles. The fourth-order valence-corrected chi connectivity index (χ4v) is 2.29. The molecular weight excluding hydrogens is 224 g/mol. The van der Waals surface area contributed by atoms with Crippen molar-refractivity contribution < 1.29 is 4.42 Å². The normalized spacial score (nSPS) is 15.4. The molecule has 0 unspecified atom stereocenters. The van der Waals surface area contributed by atoms with Crippen LogP contribution < -0.4 is 5.32 Å². The van der Waals surface area contributed by atoms with Crippen LogP contribution in [0.15, 0.2) is 22.6 Å². The molecule has 1 aliphatic carbocycles. The molecule has 1 aromatic carbocycles. The summed E-state index contributed by atoms with van der Waals surface area (Å²) in [6.45, 7) is 3.05. The van der Waals surface area contributed by atoms with Crippen molar-refractivity contribution in [2.45, 2.75) is 45.1 Å². The molecule has 1 aliphatic rings. The van der Waals surface area contributed by atoms with E-state index in [1.54, 1.807) is 0 Å². The number of rotatable bonds is 6. The van der Waals surface area contributed by atoms with Crippen molar-refractivity contribution in [2.75, 3.05) is 6.54 Å². The Balaban J connectivity index is 1.50. The van der Waals surface area contributed by atoms with Gasteiger partial charge in [0.15, 0.2) is 11.5 Å². The predicted octanol–water partition coefficient (Wildman–Crippen LogP) is 3.21. The lowest BCUT2D eigenvalue weighted by molar-refractivity contribution is 0.560. The third-order valence-corrected chi connectivity index (χ3v) is 3.46. The van der Waals surface area contributed by atoms with Crippen LogP contribution in [0.25, 0.3) is 11.1 Å². The highest BCUT2D eigenvalue weighted by molar-refractivity contribution is 5.73. The monoisotopic (exact) mass is 244 g/mol. The van der Waals surface area contributed by atoms with Gasteiger partial charge in [0.25, 0.3) is 0 Å². The number of oxazole rings is 1. The Morgan fingerprint density at radius 3 is 3.06 bits per heavy atom. The van der Waals surface area contributed by atoms with Gasteiger partial charge in [0.1, 0.15) is 5.52 Å². The smallest absolute Gasteiger partial charge is 0.192 e. The minimum Gasteiger partial charge on any atom is -0.441 e. The maximum Gasteiger partial charge on any atom is 0.192 e. The lowest BCUT2D eigenvalue weighted by atomic mass is 10.1. The lowest BCUT2D eigenvalue weighted by Gasteiger charge is -2.03. The number of hydrogen-bond donors (Lipinski definition) is 1. The molecule has 96 valence electrons. The van der Waals surface area contributed by atoms with E-state index in [1.807, 2.05) is 6.92 Å². The minimum absolute atomic E-state index is 0.746. The Kier molecular flexibility index (Phi) is 3.33. The van der Waals surface area contributed by atoms with Gasteiger partial charge in [-0.05, 0) is 56.3 Å². The van der Waals surface area contributed by atoms with Crippen molar-refractivity contribution in [3.63, 3.8) is 0 Å². The van der Waals surface area contributed by atoms with Crippen molar-refractivity contribution in [3.8, 4) is 0 Å². The molecule has 0 radical (unpaired) electrons. The second-order valence-electron chi connectivity index (χ2n) is 5.22. The van der Waals surface area contributed by atoms with Crippen LogP contribution in [0.5, 0.6) is 0 Å². The molecule has 1 heterocycles. The van der Waals surface area contributed by atoms with Gasteiger partial charge < -0.3 is 9.73 Å². The first kappa shape index (κ1) is 11.7. The van der Waals surface area contributed by atoms with Crippen LogP contribution in [0.4, 0.5) is 0 Å². The molecule has 1 fully saturated rings. The van der Waals surface area contributed by atoms with Crippen molar-refractivity contribution in [2.24, 2.45) is 0 Å². The van der Waals surface area contributed by atoms with E-state index in [1.165, 1.54) is 31.2 Å². The summed E-state index contributed by atoms with van der Waals surface area (Å²) in [4.78, 5) is 4.31. The Bertz CT molecular complexity index is 528. The zero-order valence-electron chi connectivity index (χ0n) is 10.9. The van der Waals surface area contributed by atoms with Crippen LogP contribution >= 0.6 is 0 Å². The summed E-state index contributed by atoms with van der Waals surface area (Å²) in [7, 11) is 0. The zero-order valence-corrected chi connectivity index (χ0v) is 10.9. The molecule has 3 heteroatoms. The first-order valence-electron chi connectivity index (χ1n) is 6.91. The molecule has 0 saturated heterocycles. The van der Waals surface area contributed by atoms with E-state index in [4.69, 9.17) is 4.42 Å². The van der Waals surface area contributed by atoms with Crippen molar-refractivity contribution in [1.82, 2.24) is 10.3 Å². The summed E-state index contributed by atoms with van der Waals surface area (Å²) in [6.07, 6.45) is 6.37. The van der Waals surface area contributed by atoms with E-state index in [-0.39, 0.29) is 0 Å². The number of fused-ring (bicyclic) bond motifs is 1. The molecule has 1 N–H and O–H groups in total. The number of unbranched alkanes of at least 4 members (excludes halogenated alkanes) is 1. The number of nitrogens with zero attached hydrogens (tertiary/aromatic N) is 1. The van der Waals surface area contributed by atoms with Gasteiger partial charge in [0.2, 0.25) is 0 Å². The van der Waals surface area contributed by atoms with Gasteiger partial charge in [0.05, 0.1) is 0 Å². The van der Waals surface area contributed by atoms with Gasteiger partial charge in [-0.2, -0.15) is 0 Å². The number of hydrogen-bond acceptors (Lipinski definition) is 3. The first-order valence-corrected chi connectivity index (χ1v) is 6.91. The number of nitrogens with one attached hydrogen (secondary N) is 1. The SMILES string of the molecule is Cc1nc2ccc(CCCCNC3CC3)cc2o1. The van der Waals surface area contributed by atoms with Crippen LogP contribution in [0.1, 0.15) is 37.1 Å². The molecule has 3 nitrogen and oxygen atoms in total. The summed E-state index contributed by atoms with van der Waals surface area (Å²) in [5.74, 6) is 0.746. The maximum atomic E-state index is 5.55. The molecule has 3 rings (SSSR count). The van der Waals surface area contributed by atoms with Crippen LogP contribution in [0.2, 0.25) is 0 Å². The summed E-state index contributed by atoms with van der Waals surface area (Å²) in [5.41, 5.74) is 3.23. The average Bonchev–Trinajstić information content (AvgIpc) is 3.09. The van der Waals surface area contributed by atoms with Crippen LogP contribution in [0.3, 0.4) is 0 Å². The van der Waals surface area contributed by atoms with E-state index in [2.05, 4.69) is 28.5 Å². The molecule has 0 bridgehead atoms. The predicted molar refractivity (Wildman–Crippen MR) is 72.7 cm³/mol. The standard InChI is InChI=1S/C15H20N2O/c1-11-17-14-8-5-12(10-15(14)18-11)4-2-3-9-16-13-6-7-13/h5,8,10,13,16H,2-4,6-7,9H2,1H3. The minimum atomic E-state index is 0.746. The second-order valence-corrected chi connectivity index (χ2v) is 5.22. The molecule has 1 aromatic heterocycles. The Hall–Kier alpha value is -1.35. The Morgan fingerprint density at radius 1 is 1.33 bits per heavy atom. The van der Waals surface area contributed by atoms with Gasteiger partial charge in [-0.3, -0.25) is 0 Å². The van der Waals surface area contributed by atoms with Crippen LogP contribution in [-0.4, -0.2) is 17.6 Å². The molecule has 0 spiro atoms. The highest BCUT2D eigenvalue weighted by Crippen LogP contribution is 2.19. The van der Waals surface area contributed by atoms with E-state index < -0.39 is 0 Å². The summed E-state index contributed by atoms with van der Waals surface area (Å²) in [6, 6.07) is 7.19. The van der Waals surface area contributed by atoms with E-state index in [9.17, 15) is 0 Å². The van der Waals surface area contributed by atoms with E-state index in [0.717, 1.165) is 36.0 Å². The average molecular weight is 244 g/mol. The van der Waals surface area contributed by atoms with Crippen molar-refractivity contribution >= 4 is 11.1 Å². The van der Waals surface area contributed by atoms with Crippen molar-refractivity contribution in [3.05, 3.63) is 29.7 Å². The zero-order chi connectivity index (χ0) is 12.4. The van der Waals surface area contributed by atoms with Gasteiger partial charge in [-0.25, -0.2) is 4.98 Å². The van der Waals surface area contributed by atoms with Crippen LogP contribution in [0, 0.1) is 6.92 Å². The largest absolute Gasteiger partial charge is 0.441 e. The number of benzene rings is 1. The summed E-state index contributed by atoms with van der Waals surface area (Å²) in [5, 5.41) is 3.55. The van der Waals surface area contributed by atoms with Gasteiger partial charge in [0, 0.05) is 13.0 Å². The maximum absolute atomic E-state index is 5.55. The highest BCUT2D eigenvalue weighted by Gasteiger charge is 2.19. The molecule has 0 aliphatic heterocycles. The van der Waals surface area contributed by atoms with E-state index in [0.29, 0.717) is 0 Å². The fourth-order valence-electron chi connectivity index (χ4n) is 2.29. The Labute approximate surface area is 108 Å². The first-order chi connectivity index (χ1) is 8.81. The second kappa shape index (κ2) is 5.11. The quantitative estimate of drug-likeness (QED) is 0.793. The lowest BCUT2D eigenvalue weighted by Crippen LogP contribution is -2.17. The third-order valence-electron chi connectivity index (χ3n) is 3.46. The topological polar surface area (TPSA) is 38.1 Å². The summed E-state index contributed by atoms with van der Waals surface area (Å²) < 4.78 is 5.55. The fraction of sp³-hybridized carbons (Fsp3) is 0.533. The van der Waals surface area contributed by atoms with Gasteiger partial charge >= 0.3 is 0 Å². The third kappa shape index (κ3) is 2.91.